The van der Waals surface area contributed by atoms with Gasteiger partial charge in [0.2, 0.25) is 5.91 Å². The van der Waals surface area contributed by atoms with Crippen LogP contribution in [0.4, 0.5) is 0 Å². The first kappa shape index (κ1) is 15.4. The molecule has 0 spiro atoms. The van der Waals surface area contributed by atoms with Gasteiger partial charge in [-0.3, -0.25) is 4.79 Å². The molecule has 3 nitrogen and oxygen atoms in total. The SMILES string of the molecule is CCNCCNC(=O)C1(Sc2ccccc2)CCCC1. The van der Waals surface area contributed by atoms with Crippen LogP contribution in [0.25, 0.3) is 0 Å². The third kappa shape index (κ3) is 4.00. The molecule has 20 heavy (non-hydrogen) atoms. The van der Waals surface area contributed by atoms with Crippen LogP contribution in [-0.4, -0.2) is 30.3 Å². The number of carbonyl (C=O) groups is 1. The zero-order valence-electron chi connectivity index (χ0n) is 12.2. The summed E-state index contributed by atoms with van der Waals surface area (Å²) < 4.78 is -0.256. The van der Waals surface area contributed by atoms with E-state index in [1.807, 2.05) is 18.2 Å². The van der Waals surface area contributed by atoms with Crippen molar-refractivity contribution in [3.63, 3.8) is 0 Å². The van der Waals surface area contributed by atoms with E-state index in [0.29, 0.717) is 6.54 Å². The van der Waals surface area contributed by atoms with E-state index in [1.165, 1.54) is 4.90 Å². The van der Waals surface area contributed by atoms with Crippen molar-refractivity contribution >= 4 is 17.7 Å². The Kier molecular flexibility index (Phi) is 5.92. The summed E-state index contributed by atoms with van der Waals surface area (Å²) in [6.07, 6.45) is 4.28. The van der Waals surface area contributed by atoms with Crippen molar-refractivity contribution in [2.45, 2.75) is 42.2 Å². The van der Waals surface area contributed by atoms with Gasteiger partial charge in [0.1, 0.15) is 0 Å². The molecule has 1 aliphatic carbocycles. The van der Waals surface area contributed by atoms with E-state index >= 15 is 0 Å². The van der Waals surface area contributed by atoms with Crippen molar-refractivity contribution in [2.24, 2.45) is 0 Å². The predicted molar refractivity (Wildman–Crippen MR) is 85.1 cm³/mol. The molecule has 0 saturated heterocycles. The topological polar surface area (TPSA) is 41.1 Å². The molecule has 1 fully saturated rings. The minimum Gasteiger partial charge on any atom is -0.354 e. The van der Waals surface area contributed by atoms with Crippen LogP contribution in [0.2, 0.25) is 0 Å². The van der Waals surface area contributed by atoms with Crippen LogP contribution in [-0.2, 0) is 4.79 Å². The van der Waals surface area contributed by atoms with E-state index in [-0.39, 0.29) is 10.7 Å². The molecule has 2 rings (SSSR count). The smallest absolute Gasteiger partial charge is 0.236 e. The van der Waals surface area contributed by atoms with Crippen LogP contribution in [0.1, 0.15) is 32.6 Å². The fraction of sp³-hybridized carbons (Fsp3) is 0.562. The Labute approximate surface area is 125 Å². The van der Waals surface area contributed by atoms with Gasteiger partial charge in [-0.15, -0.1) is 11.8 Å². The van der Waals surface area contributed by atoms with Crippen LogP contribution in [0.3, 0.4) is 0 Å². The molecule has 1 saturated carbocycles. The molecule has 2 N–H and O–H groups in total. The molecule has 1 aliphatic rings. The van der Waals surface area contributed by atoms with E-state index in [9.17, 15) is 4.79 Å². The molecule has 0 aromatic heterocycles. The van der Waals surface area contributed by atoms with Crippen LogP contribution in [0.15, 0.2) is 35.2 Å². The van der Waals surface area contributed by atoms with Crippen LogP contribution in [0, 0.1) is 0 Å². The lowest BCUT2D eigenvalue weighted by atomic mass is 10.1. The van der Waals surface area contributed by atoms with Crippen molar-refractivity contribution < 1.29 is 4.79 Å². The van der Waals surface area contributed by atoms with Crippen LogP contribution in [0.5, 0.6) is 0 Å². The standard InChI is InChI=1S/C16H24N2OS/c1-2-17-12-13-18-15(19)16(10-6-7-11-16)20-14-8-4-3-5-9-14/h3-5,8-9,17H,2,6-7,10-13H2,1H3,(H,18,19). The fourth-order valence-corrected chi connectivity index (χ4v) is 4.04. The average Bonchev–Trinajstić information content (AvgIpc) is 2.94. The highest BCUT2D eigenvalue weighted by Gasteiger charge is 2.41. The Hall–Kier alpha value is -1.00. The van der Waals surface area contributed by atoms with Gasteiger partial charge in [0.15, 0.2) is 0 Å². The third-order valence-electron chi connectivity index (χ3n) is 3.72. The van der Waals surface area contributed by atoms with Gasteiger partial charge in [-0.05, 0) is 31.5 Å². The summed E-state index contributed by atoms with van der Waals surface area (Å²) >= 11 is 1.74. The molecule has 1 aromatic rings. The lowest BCUT2D eigenvalue weighted by Gasteiger charge is -2.27. The molecule has 0 atom stereocenters. The number of hydrogen-bond donors (Lipinski definition) is 2. The summed E-state index contributed by atoms with van der Waals surface area (Å²) in [6.45, 7) is 4.57. The monoisotopic (exact) mass is 292 g/mol. The highest BCUT2D eigenvalue weighted by Crippen LogP contribution is 2.45. The summed E-state index contributed by atoms with van der Waals surface area (Å²) in [5.74, 6) is 0.210. The Balaban J connectivity index is 1.96. The van der Waals surface area contributed by atoms with Gasteiger partial charge in [0.25, 0.3) is 0 Å². The normalized spacial score (nSPS) is 17.1. The summed E-state index contributed by atoms with van der Waals surface area (Å²) in [7, 11) is 0. The van der Waals surface area contributed by atoms with Gasteiger partial charge in [-0.25, -0.2) is 0 Å². The number of nitrogens with one attached hydrogen (secondary N) is 2. The van der Waals surface area contributed by atoms with Crippen molar-refractivity contribution in [2.75, 3.05) is 19.6 Å². The maximum atomic E-state index is 12.6. The lowest BCUT2D eigenvalue weighted by molar-refractivity contribution is -0.123. The van der Waals surface area contributed by atoms with Crippen molar-refractivity contribution in [1.29, 1.82) is 0 Å². The number of amides is 1. The second-order valence-corrected chi connectivity index (χ2v) is 6.68. The Bertz CT molecular complexity index is 416. The third-order valence-corrected chi connectivity index (χ3v) is 5.21. The molecule has 0 bridgehead atoms. The van der Waals surface area contributed by atoms with Gasteiger partial charge in [0, 0.05) is 18.0 Å². The molecule has 0 heterocycles. The number of benzene rings is 1. The van der Waals surface area contributed by atoms with Gasteiger partial charge >= 0.3 is 0 Å². The molecule has 4 heteroatoms. The van der Waals surface area contributed by atoms with Gasteiger partial charge < -0.3 is 10.6 Å². The highest BCUT2D eigenvalue weighted by atomic mass is 32.2. The molecule has 0 aliphatic heterocycles. The summed E-state index contributed by atoms with van der Waals surface area (Å²) in [5.41, 5.74) is 0. The van der Waals surface area contributed by atoms with Crippen molar-refractivity contribution in [3.8, 4) is 0 Å². The minimum absolute atomic E-state index is 0.210. The number of rotatable bonds is 7. The number of carbonyl (C=O) groups excluding carboxylic acids is 1. The maximum Gasteiger partial charge on any atom is 0.236 e. The van der Waals surface area contributed by atoms with Crippen LogP contribution >= 0.6 is 11.8 Å². The molecule has 0 unspecified atom stereocenters. The summed E-state index contributed by atoms with van der Waals surface area (Å²) in [6, 6.07) is 10.3. The highest BCUT2D eigenvalue weighted by molar-refractivity contribution is 8.01. The average molecular weight is 292 g/mol. The molecule has 1 aromatic carbocycles. The molecular formula is C16H24N2OS. The minimum atomic E-state index is -0.256. The first-order valence-electron chi connectivity index (χ1n) is 7.50. The zero-order valence-corrected chi connectivity index (χ0v) is 13.0. The van der Waals surface area contributed by atoms with Gasteiger partial charge in [-0.2, -0.15) is 0 Å². The quantitative estimate of drug-likeness (QED) is 0.759. The van der Waals surface area contributed by atoms with Crippen LogP contribution < -0.4 is 10.6 Å². The predicted octanol–water partition coefficient (Wildman–Crippen LogP) is 2.82. The number of thioether (sulfide) groups is 1. The molecular weight excluding hydrogens is 268 g/mol. The molecule has 110 valence electrons. The largest absolute Gasteiger partial charge is 0.354 e. The molecule has 1 amide bonds. The molecule has 0 radical (unpaired) electrons. The second kappa shape index (κ2) is 7.70. The lowest BCUT2D eigenvalue weighted by Crippen LogP contribution is -2.44. The zero-order chi connectivity index (χ0) is 14.3. The van der Waals surface area contributed by atoms with Crippen molar-refractivity contribution in [3.05, 3.63) is 30.3 Å². The Morgan fingerprint density at radius 2 is 1.90 bits per heavy atom. The Morgan fingerprint density at radius 1 is 1.20 bits per heavy atom. The van der Waals surface area contributed by atoms with E-state index in [4.69, 9.17) is 0 Å². The van der Waals surface area contributed by atoms with Crippen molar-refractivity contribution in [1.82, 2.24) is 10.6 Å². The first-order valence-corrected chi connectivity index (χ1v) is 8.31. The van der Waals surface area contributed by atoms with E-state index in [2.05, 4.69) is 29.7 Å². The summed E-state index contributed by atoms with van der Waals surface area (Å²) in [5, 5.41) is 6.33. The second-order valence-electron chi connectivity index (χ2n) is 5.23. The fourth-order valence-electron chi connectivity index (χ4n) is 2.64. The van der Waals surface area contributed by atoms with Gasteiger partial charge in [-0.1, -0.05) is 38.0 Å². The first-order chi connectivity index (χ1) is 9.77. The Morgan fingerprint density at radius 3 is 2.55 bits per heavy atom. The number of likely N-dealkylation sites (N-methyl/N-ethyl adjacent to an activating group) is 1. The van der Waals surface area contributed by atoms with E-state index < -0.39 is 0 Å². The van der Waals surface area contributed by atoms with E-state index in [1.54, 1.807) is 11.8 Å². The maximum absolute atomic E-state index is 12.6. The van der Waals surface area contributed by atoms with E-state index in [0.717, 1.165) is 38.8 Å². The van der Waals surface area contributed by atoms with Gasteiger partial charge in [0.05, 0.1) is 4.75 Å². The number of hydrogen-bond acceptors (Lipinski definition) is 3. The summed E-state index contributed by atoms with van der Waals surface area (Å²) in [4.78, 5) is 13.8.